The van der Waals surface area contributed by atoms with Crippen molar-refractivity contribution in [2.75, 3.05) is 26.2 Å². The monoisotopic (exact) mass is 479 g/mol. The van der Waals surface area contributed by atoms with E-state index in [9.17, 15) is 12.8 Å². The van der Waals surface area contributed by atoms with Crippen LogP contribution < -0.4 is 4.74 Å². The van der Waals surface area contributed by atoms with Gasteiger partial charge in [-0.3, -0.25) is 0 Å². The summed E-state index contributed by atoms with van der Waals surface area (Å²) in [7, 11) is -3.79. The first-order valence-electron chi connectivity index (χ1n) is 11.3. The van der Waals surface area contributed by atoms with Crippen LogP contribution in [0.15, 0.2) is 70.6 Å². The van der Waals surface area contributed by atoms with E-state index in [0.29, 0.717) is 31.8 Å². The van der Waals surface area contributed by atoms with E-state index in [2.05, 4.69) is 11.0 Å². The lowest BCUT2D eigenvalue weighted by Crippen LogP contribution is -2.37. The Bertz CT molecular complexity index is 1390. The van der Waals surface area contributed by atoms with Crippen LogP contribution in [0.5, 0.6) is 11.5 Å². The molecule has 0 amide bonds. The third kappa shape index (κ3) is 4.31. The Morgan fingerprint density at radius 2 is 1.68 bits per heavy atom. The lowest BCUT2D eigenvalue weighted by atomic mass is 10.1. The van der Waals surface area contributed by atoms with E-state index in [0.717, 1.165) is 40.0 Å². The fraction of sp³-hybridized carbons (Fsp3) is 0.269. The van der Waals surface area contributed by atoms with Gasteiger partial charge < -0.3 is 9.64 Å². The highest BCUT2D eigenvalue weighted by atomic mass is 32.2. The number of benzene rings is 3. The molecule has 2 aliphatic rings. The summed E-state index contributed by atoms with van der Waals surface area (Å²) in [5, 5.41) is 0. The van der Waals surface area contributed by atoms with E-state index in [4.69, 9.17) is 9.73 Å². The molecule has 0 bridgehead atoms. The zero-order chi connectivity index (χ0) is 23.9. The highest BCUT2D eigenvalue weighted by Crippen LogP contribution is 2.39. The molecule has 2 heterocycles. The van der Waals surface area contributed by atoms with Gasteiger partial charge in [-0.05, 0) is 68.3 Å². The fourth-order valence-electron chi connectivity index (χ4n) is 4.36. The summed E-state index contributed by atoms with van der Waals surface area (Å²) < 4.78 is 47.7. The summed E-state index contributed by atoms with van der Waals surface area (Å²) in [5.74, 6) is 1.63. The van der Waals surface area contributed by atoms with Crippen molar-refractivity contribution < 1.29 is 17.5 Å². The van der Waals surface area contributed by atoms with Crippen molar-refractivity contribution in [1.29, 1.82) is 0 Å². The summed E-state index contributed by atoms with van der Waals surface area (Å²) in [4.78, 5) is 7.09. The molecule has 0 aliphatic carbocycles. The van der Waals surface area contributed by atoms with Crippen molar-refractivity contribution >= 4 is 21.5 Å². The van der Waals surface area contributed by atoms with Crippen LogP contribution in [0.1, 0.15) is 23.1 Å². The van der Waals surface area contributed by atoms with Crippen LogP contribution in [0.4, 0.5) is 10.1 Å². The molecule has 0 N–H and O–H groups in total. The van der Waals surface area contributed by atoms with E-state index in [-0.39, 0.29) is 11.4 Å². The number of ether oxygens (including phenoxy) is 1. The molecule has 3 aromatic rings. The Morgan fingerprint density at radius 3 is 2.50 bits per heavy atom. The second kappa shape index (κ2) is 8.85. The predicted octanol–water partition coefficient (Wildman–Crippen LogP) is 5.02. The molecule has 5 rings (SSSR count). The minimum atomic E-state index is -3.79. The summed E-state index contributed by atoms with van der Waals surface area (Å²) in [5.41, 5.74) is 3.79. The molecule has 0 spiro atoms. The van der Waals surface area contributed by atoms with Gasteiger partial charge in [0, 0.05) is 26.2 Å². The number of hydrogen-bond acceptors (Lipinski definition) is 5. The lowest BCUT2D eigenvalue weighted by molar-refractivity contribution is 0.407. The molecule has 176 valence electrons. The summed E-state index contributed by atoms with van der Waals surface area (Å²) >= 11 is 0. The van der Waals surface area contributed by atoms with Gasteiger partial charge in [0.25, 0.3) is 0 Å². The van der Waals surface area contributed by atoms with Gasteiger partial charge in [0.1, 0.15) is 23.1 Å². The second-order valence-electron chi connectivity index (χ2n) is 8.71. The number of sulfonamides is 1. The smallest absolute Gasteiger partial charge is 0.243 e. The van der Waals surface area contributed by atoms with Crippen LogP contribution in [-0.2, 0) is 10.0 Å². The molecule has 2 aliphatic heterocycles. The summed E-state index contributed by atoms with van der Waals surface area (Å²) in [6.07, 6.45) is 0.621. The standard InChI is InChI=1S/C26H26FN3O3S/c1-18-8-10-24-22(15-18)26(28-23-9-7-19(2)16-25(23)33-24)29-11-4-12-30(14-13-29)34(31,32)21-6-3-5-20(27)17-21/h3,5-10,15-17H,4,11-14H2,1-2H3. The maximum absolute atomic E-state index is 13.7. The molecule has 34 heavy (non-hydrogen) atoms. The van der Waals surface area contributed by atoms with Crippen LogP contribution >= 0.6 is 0 Å². The lowest BCUT2D eigenvalue weighted by Gasteiger charge is -2.25. The molecule has 0 saturated carbocycles. The van der Waals surface area contributed by atoms with Crippen molar-refractivity contribution in [3.63, 3.8) is 0 Å². The molecule has 8 heteroatoms. The number of rotatable bonds is 2. The highest BCUT2D eigenvalue weighted by Gasteiger charge is 2.30. The van der Waals surface area contributed by atoms with Crippen molar-refractivity contribution in [2.45, 2.75) is 25.2 Å². The number of hydrogen-bond donors (Lipinski definition) is 0. The third-order valence-corrected chi connectivity index (χ3v) is 8.02. The maximum Gasteiger partial charge on any atom is 0.243 e. The Balaban J connectivity index is 1.49. The normalized spacial score (nSPS) is 16.6. The van der Waals surface area contributed by atoms with Crippen LogP contribution in [-0.4, -0.2) is 49.6 Å². The van der Waals surface area contributed by atoms with Gasteiger partial charge >= 0.3 is 0 Å². The van der Waals surface area contributed by atoms with Gasteiger partial charge in [0.2, 0.25) is 10.0 Å². The predicted molar refractivity (Wildman–Crippen MR) is 130 cm³/mol. The minimum Gasteiger partial charge on any atom is -0.454 e. The van der Waals surface area contributed by atoms with Gasteiger partial charge in [-0.2, -0.15) is 4.31 Å². The van der Waals surface area contributed by atoms with Crippen molar-refractivity contribution in [3.05, 3.63) is 83.2 Å². The summed E-state index contributed by atoms with van der Waals surface area (Å²) in [6, 6.07) is 17.1. The number of fused-ring (bicyclic) bond motifs is 2. The Morgan fingerprint density at radius 1 is 0.882 bits per heavy atom. The summed E-state index contributed by atoms with van der Waals surface area (Å²) in [6.45, 7) is 5.77. The first-order valence-corrected chi connectivity index (χ1v) is 12.7. The van der Waals surface area contributed by atoms with E-state index in [1.165, 1.54) is 22.5 Å². The third-order valence-electron chi connectivity index (χ3n) is 6.13. The molecule has 1 saturated heterocycles. The molecule has 0 atom stereocenters. The van der Waals surface area contributed by atoms with E-state index < -0.39 is 15.8 Å². The largest absolute Gasteiger partial charge is 0.454 e. The van der Waals surface area contributed by atoms with Gasteiger partial charge in [-0.15, -0.1) is 0 Å². The average Bonchev–Trinajstić information content (AvgIpc) is 3.14. The van der Waals surface area contributed by atoms with Crippen molar-refractivity contribution in [3.8, 4) is 11.5 Å². The van der Waals surface area contributed by atoms with Gasteiger partial charge in [0.05, 0.1) is 10.5 Å². The number of halogens is 1. The molecule has 6 nitrogen and oxygen atoms in total. The Kier molecular flexibility index (Phi) is 5.87. The number of aliphatic imine (C=N–C) groups is 1. The van der Waals surface area contributed by atoms with E-state index in [1.807, 2.05) is 44.2 Å². The van der Waals surface area contributed by atoms with Crippen LogP contribution in [0.25, 0.3) is 0 Å². The molecule has 0 radical (unpaired) electrons. The van der Waals surface area contributed by atoms with E-state index in [1.54, 1.807) is 0 Å². The molecular weight excluding hydrogens is 453 g/mol. The maximum atomic E-state index is 13.7. The second-order valence-corrected chi connectivity index (χ2v) is 10.6. The van der Waals surface area contributed by atoms with E-state index >= 15 is 0 Å². The van der Waals surface area contributed by atoms with Crippen LogP contribution in [0.3, 0.4) is 0 Å². The number of nitrogens with zero attached hydrogens (tertiary/aromatic N) is 3. The molecule has 3 aromatic carbocycles. The van der Waals surface area contributed by atoms with Crippen LogP contribution in [0, 0.1) is 19.7 Å². The van der Waals surface area contributed by atoms with Crippen molar-refractivity contribution in [2.24, 2.45) is 4.99 Å². The van der Waals surface area contributed by atoms with Gasteiger partial charge in [-0.1, -0.05) is 23.8 Å². The average molecular weight is 480 g/mol. The topological polar surface area (TPSA) is 62.2 Å². The number of amidine groups is 1. The zero-order valence-electron chi connectivity index (χ0n) is 19.2. The molecule has 0 unspecified atom stereocenters. The van der Waals surface area contributed by atoms with Crippen LogP contribution in [0.2, 0.25) is 0 Å². The quantitative estimate of drug-likeness (QED) is 0.518. The van der Waals surface area contributed by atoms with Gasteiger partial charge in [-0.25, -0.2) is 17.8 Å². The Labute approximate surface area is 199 Å². The zero-order valence-corrected chi connectivity index (χ0v) is 20.0. The highest BCUT2D eigenvalue weighted by molar-refractivity contribution is 7.89. The first kappa shape index (κ1) is 22.6. The fourth-order valence-corrected chi connectivity index (χ4v) is 5.86. The Hall–Kier alpha value is -3.23. The number of aryl methyl sites for hydroxylation is 2. The van der Waals surface area contributed by atoms with Crippen molar-refractivity contribution in [1.82, 2.24) is 9.21 Å². The SMILES string of the molecule is Cc1ccc2c(c1)Oc1ccc(C)cc1C(N1CCCN(S(=O)(=O)c3cccc(F)c3)CC1)=N2. The molecule has 0 aromatic heterocycles. The molecule has 1 fully saturated rings. The first-order chi connectivity index (χ1) is 16.3. The molecular formula is C26H26FN3O3S. The minimum absolute atomic E-state index is 0.0218. The van der Waals surface area contributed by atoms with Gasteiger partial charge in [0.15, 0.2) is 5.75 Å².